The summed E-state index contributed by atoms with van der Waals surface area (Å²) in [4.78, 5) is 0. The van der Waals surface area contributed by atoms with Crippen molar-refractivity contribution in [3.8, 4) is 0 Å². The minimum Gasteiger partial charge on any atom is -0.760 e. The van der Waals surface area contributed by atoms with Gasteiger partial charge in [-0.05, 0) is 12.8 Å². The zero-order chi connectivity index (χ0) is 8.69. The minimum atomic E-state index is -2.10. The van der Waals surface area contributed by atoms with Crippen molar-refractivity contribution in [1.29, 1.82) is 0 Å². The van der Waals surface area contributed by atoms with Gasteiger partial charge in [-0.3, -0.25) is 4.21 Å². The Labute approximate surface area is 71.0 Å². The van der Waals surface area contributed by atoms with Gasteiger partial charge in [0.2, 0.25) is 0 Å². The average Bonchev–Trinajstić information content (AvgIpc) is 1.97. The molecule has 0 aromatic carbocycles. The van der Waals surface area contributed by atoms with E-state index in [0.717, 1.165) is 25.7 Å². The largest absolute Gasteiger partial charge is 0.760 e. The molecule has 0 rings (SSSR count). The van der Waals surface area contributed by atoms with E-state index in [-0.39, 0.29) is 6.04 Å². The first-order valence-corrected chi connectivity index (χ1v) is 5.13. The molecule has 0 fully saturated rings. The van der Waals surface area contributed by atoms with Crippen molar-refractivity contribution in [2.45, 2.75) is 45.6 Å². The molecular weight excluding hydrogens is 162 g/mol. The molecule has 0 spiro atoms. The number of hydrogen-bond acceptors (Lipinski definition) is 2. The van der Waals surface area contributed by atoms with E-state index in [0.29, 0.717) is 0 Å². The van der Waals surface area contributed by atoms with Gasteiger partial charge in [0.25, 0.3) is 0 Å². The van der Waals surface area contributed by atoms with Crippen LogP contribution in [0.15, 0.2) is 0 Å². The zero-order valence-electron chi connectivity index (χ0n) is 7.13. The summed E-state index contributed by atoms with van der Waals surface area (Å²) in [6, 6.07) is 0.133. The summed E-state index contributed by atoms with van der Waals surface area (Å²) < 4.78 is 22.9. The summed E-state index contributed by atoms with van der Waals surface area (Å²) in [5.41, 5.74) is 0. The molecule has 1 N–H and O–H groups in total. The van der Waals surface area contributed by atoms with Crippen LogP contribution in [0.3, 0.4) is 0 Å². The van der Waals surface area contributed by atoms with Crippen molar-refractivity contribution in [3.63, 3.8) is 0 Å². The van der Waals surface area contributed by atoms with Crippen LogP contribution in [0.5, 0.6) is 0 Å². The molecule has 3 nitrogen and oxygen atoms in total. The van der Waals surface area contributed by atoms with Crippen LogP contribution >= 0.6 is 0 Å². The summed E-state index contributed by atoms with van der Waals surface area (Å²) in [6.07, 6.45) is 4.02. The lowest BCUT2D eigenvalue weighted by atomic mass is 10.1. The zero-order valence-corrected chi connectivity index (χ0v) is 7.95. The first-order valence-electron chi connectivity index (χ1n) is 4.06. The number of nitrogens with one attached hydrogen (secondary N) is 1. The quantitative estimate of drug-likeness (QED) is 0.624. The maximum absolute atomic E-state index is 10.2. The summed E-state index contributed by atoms with van der Waals surface area (Å²) in [7, 11) is 0. The van der Waals surface area contributed by atoms with Crippen molar-refractivity contribution in [2.24, 2.45) is 0 Å². The van der Waals surface area contributed by atoms with Gasteiger partial charge in [0.05, 0.1) is 0 Å². The SMILES string of the molecule is CCCCC(CC)NS(=O)[O-]. The van der Waals surface area contributed by atoms with Gasteiger partial charge in [0.15, 0.2) is 0 Å². The fraction of sp³-hybridized carbons (Fsp3) is 1.00. The third kappa shape index (κ3) is 6.47. The molecule has 0 aliphatic carbocycles. The van der Waals surface area contributed by atoms with Gasteiger partial charge >= 0.3 is 0 Å². The summed E-state index contributed by atoms with van der Waals surface area (Å²) >= 11 is -2.10. The molecule has 0 aliphatic rings. The lowest BCUT2D eigenvalue weighted by Crippen LogP contribution is -2.29. The number of hydrogen-bond donors (Lipinski definition) is 1. The van der Waals surface area contributed by atoms with E-state index in [9.17, 15) is 8.76 Å². The number of unbranched alkanes of at least 4 members (excludes halogenated alkanes) is 1. The van der Waals surface area contributed by atoms with Crippen LogP contribution in [0.25, 0.3) is 0 Å². The normalized spacial score (nSPS) is 16.3. The second kappa shape index (κ2) is 6.76. The summed E-state index contributed by atoms with van der Waals surface area (Å²) in [6.45, 7) is 4.08. The topological polar surface area (TPSA) is 52.2 Å². The number of rotatable bonds is 6. The summed E-state index contributed by atoms with van der Waals surface area (Å²) in [5, 5.41) is 0. The third-order valence-corrected chi connectivity index (χ3v) is 2.19. The monoisotopic (exact) mass is 178 g/mol. The predicted molar refractivity (Wildman–Crippen MR) is 45.7 cm³/mol. The van der Waals surface area contributed by atoms with Gasteiger partial charge in [0.1, 0.15) is 0 Å². The van der Waals surface area contributed by atoms with E-state index in [4.69, 9.17) is 0 Å². The molecule has 0 radical (unpaired) electrons. The van der Waals surface area contributed by atoms with E-state index in [1.807, 2.05) is 6.92 Å². The van der Waals surface area contributed by atoms with E-state index in [1.165, 1.54) is 0 Å². The fourth-order valence-electron chi connectivity index (χ4n) is 0.933. The van der Waals surface area contributed by atoms with Gasteiger partial charge in [0, 0.05) is 17.3 Å². The van der Waals surface area contributed by atoms with Gasteiger partial charge in [-0.2, -0.15) is 0 Å². The highest BCUT2D eigenvalue weighted by atomic mass is 32.2. The smallest absolute Gasteiger partial charge is 0.0183 e. The Morgan fingerprint density at radius 2 is 2.18 bits per heavy atom. The Hall–Kier alpha value is 0.0700. The highest BCUT2D eigenvalue weighted by Gasteiger charge is 2.03. The second-order valence-corrected chi connectivity index (χ2v) is 3.31. The molecule has 0 aliphatic heterocycles. The Kier molecular flexibility index (Phi) is 6.80. The molecule has 0 saturated carbocycles. The van der Waals surface area contributed by atoms with Gasteiger partial charge in [-0.25, -0.2) is 4.72 Å². The molecule has 0 saturated heterocycles. The Morgan fingerprint density at radius 1 is 1.55 bits per heavy atom. The summed E-state index contributed by atoms with van der Waals surface area (Å²) in [5.74, 6) is 0. The molecule has 0 aromatic heterocycles. The van der Waals surface area contributed by atoms with Crippen LogP contribution in [0.2, 0.25) is 0 Å². The van der Waals surface area contributed by atoms with Gasteiger partial charge < -0.3 is 4.55 Å². The standard InChI is InChI=1S/C7H17NO2S/c1-3-5-6-7(4-2)8-11(9)10/h7-8H,3-6H2,1-2H3,(H,9,10)/p-1. The van der Waals surface area contributed by atoms with E-state index in [1.54, 1.807) is 0 Å². The van der Waals surface area contributed by atoms with E-state index >= 15 is 0 Å². The highest BCUT2D eigenvalue weighted by molar-refractivity contribution is 7.77. The molecule has 0 amide bonds. The minimum absolute atomic E-state index is 0.133. The maximum atomic E-state index is 10.2. The lowest BCUT2D eigenvalue weighted by Gasteiger charge is -2.17. The molecule has 2 unspecified atom stereocenters. The van der Waals surface area contributed by atoms with Gasteiger partial charge in [-0.15, -0.1) is 0 Å². The van der Waals surface area contributed by atoms with Crippen LogP contribution in [0.4, 0.5) is 0 Å². The average molecular weight is 178 g/mol. The molecule has 0 aromatic rings. The highest BCUT2D eigenvalue weighted by Crippen LogP contribution is 2.03. The van der Waals surface area contributed by atoms with Crippen molar-refractivity contribution in [2.75, 3.05) is 0 Å². The molecule has 0 bridgehead atoms. The maximum Gasteiger partial charge on any atom is 0.0183 e. The van der Waals surface area contributed by atoms with Crippen LogP contribution in [-0.4, -0.2) is 14.8 Å². The first kappa shape index (κ1) is 11.1. The van der Waals surface area contributed by atoms with Crippen molar-refractivity contribution >= 4 is 11.3 Å². The van der Waals surface area contributed by atoms with Crippen LogP contribution in [0, 0.1) is 0 Å². The van der Waals surface area contributed by atoms with Gasteiger partial charge in [-0.1, -0.05) is 26.7 Å². The van der Waals surface area contributed by atoms with Crippen LogP contribution < -0.4 is 4.72 Å². The van der Waals surface area contributed by atoms with Crippen molar-refractivity contribution < 1.29 is 8.76 Å². The predicted octanol–water partition coefficient (Wildman–Crippen LogP) is 1.34. The van der Waals surface area contributed by atoms with Crippen LogP contribution in [0.1, 0.15) is 39.5 Å². The fourth-order valence-corrected chi connectivity index (χ4v) is 1.49. The molecule has 11 heavy (non-hydrogen) atoms. The van der Waals surface area contributed by atoms with Crippen molar-refractivity contribution in [3.05, 3.63) is 0 Å². The Balaban J connectivity index is 3.49. The molecule has 4 heteroatoms. The molecule has 0 heterocycles. The second-order valence-electron chi connectivity index (χ2n) is 2.60. The van der Waals surface area contributed by atoms with E-state index in [2.05, 4.69) is 11.6 Å². The van der Waals surface area contributed by atoms with E-state index < -0.39 is 11.3 Å². The van der Waals surface area contributed by atoms with Crippen LogP contribution in [-0.2, 0) is 11.3 Å². The lowest BCUT2D eigenvalue weighted by molar-refractivity contribution is 0.475. The third-order valence-electron chi connectivity index (χ3n) is 1.66. The first-order chi connectivity index (χ1) is 5.20. The molecule has 2 atom stereocenters. The Bertz CT molecular complexity index is 119. The Morgan fingerprint density at radius 3 is 2.55 bits per heavy atom. The van der Waals surface area contributed by atoms with Crippen molar-refractivity contribution in [1.82, 2.24) is 4.72 Å². The molecular formula is C7H16NO2S-. The molecule has 68 valence electrons.